The summed E-state index contributed by atoms with van der Waals surface area (Å²) in [4.78, 5) is 15.1. The van der Waals surface area contributed by atoms with Gasteiger partial charge in [0.05, 0.1) is 5.56 Å². The summed E-state index contributed by atoms with van der Waals surface area (Å²) < 4.78 is 0. The van der Waals surface area contributed by atoms with Crippen LogP contribution in [0.4, 0.5) is 0 Å². The fourth-order valence-electron chi connectivity index (χ4n) is 1.80. The van der Waals surface area contributed by atoms with E-state index in [4.69, 9.17) is 5.11 Å². The smallest absolute Gasteiger partial charge is 0.335 e. The molecule has 0 radical (unpaired) electrons. The summed E-state index contributed by atoms with van der Waals surface area (Å²) in [6.45, 7) is 1.50. The van der Waals surface area contributed by atoms with Crippen LogP contribution in [-0.4, -0.2) is 49.1 Å². The Hall–Kier alpha value is -1.39. The Morgan fingerprint density at radius 1 is 1.00 bits per heavy atom. The molecule has 0 heterocycles. The molecular formula is C13H20N2O2. The molecular weight excluding hydrogens is 216 g/mol. The summed E-state index contributed by atoms with van der Waals surface area (Å²) in [7, 11) is 7.89. The maximum Gasteiger partial charge on any atom is 0.335 e. The third-order valence-electron chi connectivity index (χ3n) is 2.30. The molecule has 1 aromatic rings. The zero-order valence-electron chi connectivity index (χ0n) is 10.9. The van der Waals surface area contributed by atoms with Crippen molar-refractivity contribution in [2.45, 2.75) is 13.1 Å². The molecule has 4 nitrogen and oxygen atoms in total. The number of carbonyl (C=O) groups is 1. The van der Waals surface area contributed by atoms with Crippen molar-refractivity contribution in [3.63, 3.8) is 0 Å². The van der Waals surface area contributed by atoms with Gasteiger partial charge in [-0.25, -0.2) is 4.79 Å². The Morgan fingerprint density at radius 2 is 1.41 bits per heavy atom. The van der Waals surface area contributed by atoms with Crippen LogP contribution in [0, 0.1) is 0 Å². The first-order valence-electron chi connectivity index (χ1n) is 5.54. The normalized spacial score (nSPS) is 11.2. The third-order valence-corrected chi connectivity index (χ3v) is 2.30. The fraction of sp³-hybridized carbons (Fsp3) is 0.462. The lowest BCUT2D eigenvalue weighted by atomic mass is 10.0. The number of hydrogen-bond acceptors (Lipinski definition) is 3. The van der Waals surface area contributed by atoms with Crippen LogP contribution in [0.25, 0.3) is 0 Å². The molecule has 0 aliphatic carbocycles. The van der Waals surface area contributed by atoms with Crippen LogP contribution in [0.2, 0.25) is 0 Å². The first kappa shape index (κ1) is 13.7. The second kappa shape index (κ2) is 5.80. The number of hydrogen-bond donors (Lipinski definition) is 1. The van der Waals surface area contributed by atoms with Crippen molar-refractivity contribution in [1.29, 1.82) is 0 Å². The fourth-order valence-corrected chi connectivity index (χ4v) is 1.80. The van der Waals surface area contributed by atoms with Crippen LogP contribution in [-0.2, 0) is 13.1 Å². The van der Waals surface area contributed by atoms with Gasteiger partial charge < -0.3 is 14.9 Å². The second-order valence-corrected chi connectivity index (χ2v) is 4.82. The van der Waals surface area contributed by atoms with E-state index in [-0.39, 0.29) is 0 Å². The van der Waals surface area contributed by atoms with Crippen molar-refractivity contribution in [3.05, 3.63) is 34.9 Å². The molecule has 0 fully saturated rings. The SMILES string of the molecule is CN(C)Cc1cc(CN(C)C)cc(C(=O)O)c1. The number of nitrogens with zero attached hydrogens (tertiary/aromatic N) is 2. The molecule has 0 atom stereocenters. The number of carboxylic acids is 1. The minimum Gasteiger partial charge on any atom is -0.478 e. The zero-order chi connectivity index (χ0) is 13.0. The molecule has 0 amide bonds. The monoisotopic (exact) mass is 236 g/mol. The average Bonchev–Trinajstić information content (AvgIpc) is 2.14. The van der Waals surface area contributed by atoms with Gasteiger partial charge in [0.25, 0.3) is 0 Å². The van der Waals surface area contributed by atoms with Crippen molar-refractivity contribution < 1.29 is 9.90 Å². The quantitative estimate of drug-likeness (QED) is 0.841. The van der Waals surface area contributed by atoms with Gasteiger partial charge in [-0.05, 0) is 51.5 Å². The molecule has 0 aliphatic rings. The second-order valence-electron chi connectivity index (χ2n) is 4.82. The standard InChI is InChI=1S/C13H20N2O2/c1-14(2)8-10-5-11(9-15(3)4)7-12(6-10)13(16)17/h5-7H,8-9H2,1-4H3,(H,16,17). The highest BCUT2D eigenvalue weighted by Crippen LogP contribution is 2.13. The minimum atomic E-state index is -0.870. The Bertz CT molecular complexity index is 372. The topological polar surface area (TPSA) is 43.8 Å². The predicted octanol–water partition coefficient (Wildman–Crippen LogP) is 1.51. The van der Waals surface area contributed by atoms with E-state index in [1.54, 1.807) is 12.1 Å². The van der Waals surface area contributed by atoms with E-state index in [1.807, 2.05) is 38.0 Å². The van der Waals surface area contributed by atoms with E-state index in [1.165, 1.54) is 0 Å². The van der Waals surface area contributed by atoms with Gasteiger partial charge in [0, 0.05) is 13.1 Å². The minimum absolute atomic E-state index is 0.362. The van der Waals surface area contributed by atoms with Crippen LogP contribution in [0.5, 0.6) is 0 Å². The molecule has 0 spiro atoms. The third kappa shape index (κ3) is 4.54. The number of aromatic carboxylic acids is 1. The summed E-state index contributed by atoms with van der Waals surface area (Å²) in [6.07, 6.45) is 0. The van der Waals surface area contributed by atoms with Crippen LogP contribution >= 0.6 is 0 Å². The molecule has 0 aliphatic heterocycles. The van der Waals surface area contributed by atoms with Gasteiger partial charge in [0.1, 0.15) is 0 Å². The summed E-state index contributed by atoms with van der Waals surface area (Å²) in [5.74, 6) is -0.870. The maximum atomic E-state index is 11.0. The lowest BCUT2D eigenvalue weighted by Gasteiger charge is -2.14. The van der Waals surface area contributed by atoms with Gasteiger partial charge in [0.15, 0.2) is 0 Å². The van der Waals surface area contributed by atoms with Gasteiger partial charge in [-0.1, -0.05) is 6.07 Å². The van der Waals surface area contributed by atoms with Crippen molar-refractivity contribution in [3.8, 4) is 0 Å². The predicted molar refractivity (Wildman–Crippen MR) is 68.2 cm³/mol. The molecule has 1 rings (SSSR count). The van der Waals surface area contributed by atoms with Gasteiger partial charge in [0.2, 0.25) is 0 Å². The zero-order valence-corrected chi connectivity index (χ0v) is 10.9. The van der Waals surface area contributed by atoms with Crippen LogP contribution in [0.3, 0.4) is 0 Å². The Balaban J connectivity index is 3.04. The Labute approximate surface area is 102 Å². The molecule has 0 aromatic heterocycles. The van der Waals surface area contributed by atoms with Gasteiger partial charge in [-0.15, -0.1) is 0 Å². The number of benzene rings is 1. The maximum absolute atomic E-state index is 11.0. The molecule has 1 aromatic carbocycles. The molecule has 17 heavy (non-hydrogen) atoms. The first-order chi connectivity index (χ1) is 7.88. The van der Waals surface area contributed by atoms with E-state index in [2.05, 4.69) is 6.07 Å². The molecule has 0 bridgehead atoms. The van der Waals surface area contributed by atoms with E-state index in [0.717, 1.165) is 24.2 Å². The van der Waals surface area contributed by atoms with Crippen molar-refractivity contribution in [2.24, 2.45) is 0 Å². The molecule has 4 heteroatoms. The van der Waals surface area contributed by atoms with E-state index < -0.39 is 5.97 Å². The van der Waals surface area contributed by atoms with E-state index in [0.29, 0.717) is 5.56 Å². The van der Waals surface area contributed by atoms with E-state index in [9.17, 15) is 4.79 Å². The Kier molecular flexibility index (Phi) is 4.66. The van der Waals surface area contributed by atoms with Crippen LogP contribution in [0.1, 0.15) is 21.5 Å². The summed E-state index contributed by atoms with van der Waals surface area (Å²) >= 11 is 0. The molecule has 0 saturated carbocycles. The average molecular weight is 236 g/mol. The summed E-state index contributed by atoms with van der Waals surface area (Å²) in [5.41, 5.74) is 2.43. The van der Waals surface area contributed by atoms with Gasteiger partial charge in [-0.3, -0.25) is 0 Å². The number of rotatable bonds is 5. The largest absolute Gasteiger partial charge is 0.478 e. The van der Waals surface area contributed by atoms with Crippen molar-refractivity contribution in [1.82, 2.24) is 9.80 Å². The first-order valence-corrected chi connectivity index (χ1v) is 5.54. The van der Waals surface area contributed by atoms with Crippen LogP contribution in [0.15, 0.2) is 18.2 Å². The molecule has 0 unspecified atom stereocenters. The number of carboxylic acid groups (broad SMARTS) is 1. The lowest BCUT2D eigenvalue weighted by Crippen LogP contribution is -2.14. The van der Waals surface area contributed by atoms with Crippen molar-refractivity contribution in [2.75, 3.05) is 28.2 Å². The van der Waals surface area contributed by atoms with Crippen LogP contribution < -0.4 is 0 Å². The lowest BCUT2D eigenvalue weighted by molar-refractivity contribution is 0.0696. The van der Waals surface area contributed by atoms with E-state index >= 15 is 0 Å². The Morgan fingerprint density at radius 3 is 1.71 bits per heavy atom. The molecule has 0 saturated heterocycles. The molecule has 1 N–H and O–H groups in total. The molecule has 94 valence electrons. The highest BCUT2D eigenvalue weighted by Gasteiger charge is 2.08. The highest BCUT2D eigenvalue weighted by molar-refractivity contribution is 5.88. The van der Waals surface area contributed by atoms with Gasteiger partial charge in [-0.2, -0.15) is 0 Å². The van der Waals surface area contributed by atoms with Gasteiger partial charge >= 0.3 is 5.97 Å². The van der Waals surface area contributed by atoms with Crippen molar-refractivity contribution >= 4 is 5.97 Å². The summed E-state index contributed by atoms with van der Waals surface area (Å²) in [5, 5.41) is 9.07. The highest BCUT2D eigenvalue weighted by atomic mass is 16.4. The summed E-state index contributed by atoms with van der Waals surface area (Å²) in [6, 6.07) is 5.54.